The molecule has 0 amide bonds. The molecule has 0 fully saturated rings. The predicted molar refractivity (Wildman–Crippen MR) is 78.9 cm³/mol. The van der Waals surface area contributed by atoms with Gasteiger partial charge in [0.05, 0.1) is 6.61 Å². The third-order valence-corrected chi connectivity index (χ3v) is 2.90. The topological polar surface area (TPSA) is 78.1 Å². The second-order valence-corrected chi connectivity index (χ2v) is 4.37. The predicted octanol–water partition coefficient (Wildman–Crippen LogP) is 2.98. The van der Waals surface area contributed by atoms with Crippen LogP contribution in [-0.4, -0.2) is 27.5 Å². The second kappa shape index (κ2) is 6.17. The Morgan fingerprint density at radius 1 is 1.23 bits per heavy atom. The normalized spacial score (nSPS) is 10.4. The molecule has 0 aliphatic rings. The fraction of sp³-hybridized carbons (Fsp3) is 0.125. The molecule has 0 saturated carbocycles. The Balaban J connectivity index is 2.11. The highest BCUT2D eigenvalue weighted by Crippen LogP contribution is 2.29. The van der Waals surface area contributed by atoms with Gasteiger partial charge in [-0.1, -0.05) is 6.07 Å². The van der Waals surface area contributed by atoms with Gasteiger partial charge >= 0.3 is 5.97 Å². The van der Waals surface area contributed by atoms with E-state index >= 15 is 0 Å². The lowest BCUT2D eigenvalue weighted by Gasteiger charge is -2.00. The first-order valence-electron chi connectivity index (χ1n) is 6.79. The number of oxazole rings is 1. The molecule has 6 nitrogen and oxygen atoms in total. The number of pyridine rings is 2. The molecule has 0 radical (unpaired) electrons. The maximum Gasteiger partial charge on any atom is 0.361 e. The molecule has 3 aromatic heterocycles. The van der Waals surface area contributed by atoms with Gasteiger partial charge in [-0.3, -0.25) is 9.97 Å². The molecular formula is C16H13N3O3. The summed E-state index contributed by atoms with van der Waals surface area (Å²) in [6, 6.07) is 8.92. The van der Waals surface area contributed by atoms with Crippen LogP contribution in [0.25, 0.3) is 22.9 Å². The van der Waals surface area contributed by atoms with Crippen LogP contribution >= 0.6 is 0 Å². The Bertz CT molecular complexity index is 770. The summed E-state index contributed by atoms with van der Waals surface area (Å²) in [5.41, 5.74) is 1.32. The number of rotatable bonds is 4. The molecule has 22 heavy (non-hydrogen) atoms. The highest BCUT2D eigenvalue weighted by Gasteiger charge is 2.23. The minimum absolute atomic E-state index is 0.121. The second-order valence-electron chi connectivity index (χ2n) is 4.37. The number of carbonyl (C=O) groups is 1. The molecule has 0 atom stereocenters. The smallest absolute Gasteiger partial charge is 0.361 e. The van der Waals surface area contributed by atoms with Gasteiger partial charge in [0.2, 0.25) is 5.89 Å². The molecule has 0 spiro atoms. The zero-order valence-electron chi connectivity index (χ0n) is 11.9. The van der Waals surface area contributed by atoms with Gasteiger partial charge in [-0.25, -0.2) is 9.78 Å². The summed E-state index contributed by atoms with van der Waals surface area (Å²) in [5, 5.41) is 0. The van der Waals surface area contributed by atoms with Crippen molar-refractivity contribution in [2.75, 3.05) is 6.61 Å². The van der Waals surface area contributed by atoms with Crippen molar-refractivity contribution < 1.29 is 13.9 Å². The molecule has 110 valence electrons. The van der Waals surface area contributed by atoms with Crippen molar-refractivity contribution in [3.8, 4) is 22.9 Å². The van der Waals surface area contributed by atoms with Crippen molar-refractivity contribution in [3.05, 3.63) is 54.6 Å². The standard InChI is InChI=1S/C16H13N3O3/c1-2-21-16(20)13-14(11-6-5-8-17-10-11)22-15(19-13)12-7-3-4-9-18-12/h3-10H,2H2,1H3. The fourth-order valence-corrected chi connectivity index (χ4v) is 1.95. The van der Waals surface area contributed by atoms with Crippen LogP contribution in [0.5, 0.6) is 0 Å². The van der Waals surface area contributed by atoms with Crippen LogP contribution < -0.4 is 0 Å². The Hall–Kier alpha value is -3.02. The van der Waals surface area contributed by atoms with Crippen LogP contribution in [-0.2, 0) is 4.74 Å². The van der Waals surface area contributed by atoms with E-state index in [2.05, 4.69) is 15.0 Å². The molecule has 0 saturated heterocycles. The van der Waals surface area contributed by atoms with E-state index in [1.807, 2.05) is 6.07 Å². The first kappa shape index (κ1) is 13.9. The third kappa shape index (κ3) is 2.71. The fourth-order valence-electron chi connectivity index (χ4n) is 1.95. The van der Waals surface area contributed by atoms with Gasteiger partial charge in [-0.2, -0.15) is 0 Å². The van der Waals surface area contributed by atoms with Crippen molar-refractivity contribution in [3.63, 3.8) is 0 Å². The van der Waals surface area contributed by atoms with Crippen molar-refractivity contribution in [2.45, 2.75) is 6.92 Å². The Morgan fingerprint density at radius 2 is 2.14 bits per heavy atom. The maximum absolute atomic E-state index is 12.1. The lowest BCUT2D eigenvalue weighted by atomic mass is 10.2. The van der Waals surface area contributed by atoms with Gasteiger partial charge in [-0.05, 0) is 31.2 Å². The average molecular weight is 295 g/mol. The van der Waals surface area contributed by atoms with Gasteiger partial charge < -0.3 is 9.15 Å². The Labute approximate surface area is 126 Å². The molecule has 0 bridgehead atoms. The van der Waals surface area contributed by atoms with Crippen molar-refractivity contribution in [2.24, 2.45) is 0 Å². The zero-order valence-corrected chi connectivity index (χ0v) is 11.9. The Morgan fingerprint density at radius 3 is 2.82 bits per heavy atom. The zero-order chi connectivity index (χ0) is 15.4. The van der Waals surface area contributed by atoms with E-state index in [0.717, 1.165) is 0 Å². The number of aromatic nitrogens is 3. The number of hydrogen-bond donors (Lipinski definition) is 0. The van der Waals surface area contributed by atoms with Crippen LogP contribution in [0, 0.1) is 0 Å². The minimum atomic E-state index is -0.535. The maximum atomic E-state index is 12.1. The summed E-state index contributed by atoms with van der Waals surface area (Å²) in [4.78, 5) is 24.6. The summed E-state index contributed by atoms with van der Waals surface area (Å²) < 4.78 is 10.8. The van der Waals surface area contributed by atoms with Crippen molar-refractivity contribution in [1.82, 2.24) is 15.0 Å². The first-order valence-corrected chi connectivity index (χ1v) is 6.79. The molecule has 0 unspecified atom stereocenters. The Kier molecular flexibility index (Phi) is 3.91. The summed E-state index contributed by atoms with van der Waals surface area (Å²) in [6.45, 7) is 2.00. The first-order chi connectivity index (χ1) is 10.8. The lowest BCUT2D eigenvalue weighted by molar-refractivity contribution is 0.0520. The third-order valence-electron chi connectivity index (χ3n) is 2.90. The quantitative estimate of drug-likeness (QED) is 0.688. The molecule has 3 aromatic rings. The molecule has 0 aliphatic heterocycles. The molecule has 3 rings (SSSR count). The molecule has 0 aromatic carbocycles. The van der Waals surface area contributed by atoms with E-state index in [1.165, 1.54) is 0 Å². The van der Waals surface area contributed by atoms with Gasteiger partial charge in [0.1, 0.15) is 5.69 Å². The van der Waals surface area contributed by atoms with E-state index in [0.29, 0.717) is 17.0 Å². The van der Waals surface area contributed by atoms with E-state index in [4.69, 9.17) is 9.15 Å². The van der Waals surface area contributed by atoms with E-state index in [-0.39, 0.29) is 18.2 Å². The number of hydrogen-bond acceptors (Lipinski definition) is 6. The molecule has 3 heterocycles. The number of carbonyl (C=O) groups excluding carboxylic acids is 1. The highest BCUT2D eigenvalue weighted by molar-refractivity contribution is 5.94. The lowest BCUT2D eigenvalue weighted by Crippen LogP contribution is -2.06. The monoisotopic (exact) mass is 295 g/mol. The minimum Gasteiger partial charge on any atom is -0.461 e. The molecule has 0 aliphatic carbocycles. The number of nitrogens with zero attached hydrogens (tertiary/aromatic N) is 3. The van der Waals surface area contributed by atoms with Crippen LogP contribution in [0.2, 0.25) is 0 Å². The van der Waals surface area contributed by atoms with Gasteiger partial charge in [-0.15, -0.1) is 0 Å². The van der Waals surface area contributed by atoms with Gasteiger partial charge in [0.15, 0.2) is 11.5 Å². The average Bonchev–Trinajstić information content (AvgIpc) is 3.02. The van der Waals surface area contributed by atoms with Crippen LogP contribution in [0.3, 0.4) is 0 Å². The van der Waals surface area contributed by atoms with Gasteiger partial charge in [0, 0.05) is 24.2 Å². The summed E-state index contributed by atoms with van der Waals surface area (Å²) in [6.07, 6.45) is 4.88. The molecule has 6 heteroatoms. The number of esters is 1. The van der Waals surface area contributed by atoms with E-state index in [1.54, 1.807) is 49.8 Å². The van der Waals surface area contributed by atoms with Crippen LogP contribution in [0.15, 0.2) is 53.3 Å². The summed E-state index contributed by atoms with van der Waals surface area (Å²) >= 11 is 0. The van der Waals surface area contributed by atoms with Crippen molar-refractivity contribution >= 4 is 5.97 Å². The van der Waals surface area contributed by atoms with E-state index in [9.17, 15) is 4.79 Å². The summed E-state index contributed by atoms with van der Waals surface area (Å²) in [7, 11) is 0. The van der Waals surface area contributed by atoms with E-state index < -0.39 is 5.97 Å². The summed E-state index contributed by atoms with van der Waals surface area (Å²) in [5.74, 6) is 0.0574. The molecular weight excluding hydrogens is 282 g/mol. The van der Waals surface area contributed by atoms with Crippen LogP contribution in [0.1, 0.15) is 17.4 Å². The largest absolute Gasteiger partial charge is 0.461 e. The van der Waals surface area contributed by atoms with Crippen molar-refractivity contribution in [1.29, 1.82) is 0 Å². The van der Waals surface area contributed by atoms with Gasteiger partial charge in [0.25, 0.3) is 0 Å². The number of ether oxygens (including phenoxy) is 1. The SMILES string of the molecule is CCOC(=O)c1nc(-c2ccccn2)oc1-c1cccnc1. The highest BCUT2D eigenvalue weighted by atomic mass is 16.5. The molecule has 0 N–H and O–H groups in total. The van der Waals surface area contributed by atoms with Crippen LogP contribution in [0.4, 0.5) is 0 Å².